The van der Waals surface area contributed by atoms with Crippen LogP contribution in [0.1, 0.15) is 98.3 Å². The molecule has 3 nitrogen and oxygen atoms in total. The zero-order valence-corrected chi connectivity index (χ0v) is 24.8. The SMILES string of the molecule is CCCCCCCCCCC[C@H]1O[C@H]1C[C@@H]1O[C@@H]1CO[Si](c1ccccc1)(c1ccccc1)C(C)(C)C. The zero-order valence-electron chi connectivity index (χ0n) is 23.8. The summed E-state index contributed by atoms with van der Waals surface area (Å²) in [6.45, 7) is 9.94. The first kappa shape index (κ1) is 28.5. The summed E-state index contributed by atoms with van der Waals surface area (Å²) in [7, 11) is -2.49. The summed E-state index contributed by atoms with van der Waals surface area (Å²) in [5.41, 5.74) is 0. The van der Waals surface area contributed by atoms with Crippen LogP contribution in [0, 0.1) is 0 Å². The summed E-state index contributed by atoms with van der Waals surface area (Å²) in [5, 5.41) is 2.66. The second-order valence-corrected chi connectivity index (χ2v) is 16.6. The molecule has 204 valence electrons. The predicted octanol–water partition coefficient (Wildman–Crippen LogP) is 7.41. The van der Waals surface area contributed by atoms with E-state index in [1.165, 1.54) is 74.6 Å². The molecular weight excluding hydrogens is 472 g/mol. The minimum atomic E-state index is -2.49. The van der Waals surface area contributed by atoms with Crippen molar-refractivity contribution < 1.29 is 13.9 Å². The summed E-state index contributed by atoms with van der Waals surface area (Å²) in [5.74, 6) is 0. The van der Waals surface area contributed by atoms with Crippen LogP contribution >= 0.6 is 0 Å². The first-order valence-electron chi connectivity index (χ1n) is 15.0. The quantitative estimate of drug-likeness (QED) is 0.123. The lowest BCUT2D eigenvalue weighted by Crippen LogP contribution is -2.66. The first-order chi connectivity index (χ1) is 18.0. The van der Waals surface area contributed by atoms with Crippen molar-refractivity contribution in [1.82, 2.24) is 0 Å². The van der Waals surface area contributed by atoms with Gasteiger partial charge in [0.2, 0.25) is 0 Å². The van der Waals surface area contributed by atoms with Crippen molar-refractivity contribution >= 4 is 18.7 Å². The van der Waals surface area contributed by atoms with Gasteiger partial charge in [-0.2, -0.15) is 0 Å². The fraction of sp³-hybridized carbons (Fsp3) is 0.636. The van der Waals surface area contributed by atoms with Crippen LogP contribution in [0.3, 0.4) is 0 Å². The van der Waals surface area contributed by atoms with E-state index in [1.54, 1.807) is 0 Å². The van der Waals surface area contributed by atoms with Crippen molar-refractivity contribution in [2.24, 2.45) is 0 Å². The van der Waals surface area contributed by atoms with Gasteiger partial charge in [-0.25, -0.2) is 0 Å². The molecule has 4 heteroatoms. The molecule has 0 saturated carbocycles. The van der Waals surface area contributed by atoms with E-state index in [-0.39, 0.29) is 17.2 Å². The molecule has 0 amide bonds. The van der Waals surface area contributed by atoms with Crippen LogP contribution in [0.2, 0.25) is 5.04 Å². The lowest BCUT2D eigenvalue weighted by Gasteiger charge is -2.43. The van der Waals surface area contributed by atoms with Gasteiger partial charge in [-0.05, 0) is 21.8 Å². The number of ether oxygens (including phenoxy) is 2. The second-order valence-electron chi connectivity index (χ2n) is 12.3. The molecule has 0 aromatic heterocycles. The Balaban J connectivity index is 1.21. The van der Waals surface area contributed by atoms with Crippen LogP contribution in [0.4, 0.5) is 0 Å². The van der Waals surface area contributed by atoms with Crippen molar-refractivity contribution in [3.63, 3.8) is 0 Å². The fourth-order valence-corrected chi connectivity index (χ4v) is 10.6. The number of benzene rings is 2. The maximum absolute atomic E-state index is 7.06. The Morgan fingerprint density at radius 2 is 1.14 bits per heavy atom. The van der Waals surface area contributed by atoms with Gasteiger partial charge in [0.1, 0.15) is 6.10 Å². The third-order valence-corrected chi connectivity index (χ3v) is 13.3. The van der Waals surface area contributed by atoms with Gasteiger partial charge in [-0.3, -0.25) is 0 Å². The van der Waals surface area contributed by atoms with E-state index < -0.39 is 8.32 Å². The molecule has 4 rings (SSSR count). The minimum absolute atomic E-state index is 0.000297. The molecule has 2 saturated heterocycles. The second kappa shape index (κ2) is 13.6. The molecule has 0 radical (unpaired) electrons. The molecule has 2 aromatic carbocycles. The molecule has 2 aliphatic heterocycles. The maximum Gasteiger partial charge on any atom is 0.261 e. The Morgan fingerprint density at radius 1 is 0.649 bits per heavy atom. The molecule has 37 heavy (non-hydrogen) atoms. The first-order valence-corrected chi connectivity index (χ1v) is 16.9. The summed E-state index contributed by atoms with van der Waals surface area (Å²) in [6, 6.07) is 21.8. The number of hydrogen-bond donors (Lipinski definition) is 0. The average Bonchev–Trinajstić information content (AvgIpc) is 3.82. The predicted molar refractivity (Wildman–Crippen MR) is 157 cm³/mol. The van der Waals surface area contributed by atoms with Crippen molar-refractivity contribution in [2.75, 3.05) is 6.61 Å². The molecule has 2 aromatic rings. The summed E-state index contributed by atoms with van der Waals surface area (Å²) < 4.78 is 19.2. The molecule has 0 spiro atoms. The highest BCUT2D eigenvalue weighted by Gasteiger charge is 2.53. The van der Waals surface area contributed by atoms with Crippen LogP contribution in [0.25, 0.3) is 0 Å². The highest BCUT2D eigenvalue weighted by Crippen LogP contribution is 2.40. The van der Waals surface area contributed by atoms with Crippen LogP contribution in [-0.2, 0) is 13.9 Å². The Hall–Kier alpha value is -1.46. The van der Waals surface area contributed by atoms with Crippen LogP contribution in [0.5, 0.6) is 0 Å². The average molecular weight is 523 g/mol. The van der Waals surface area contributed by atoms with Gasteiger partial charge >= 0.3 is 0 Å². The molecule has 4 atom stereocenters. The standard InChI is InChI=1S/C33H50O3Si/c1-5-6-7-8-9-10-11-12-19-24-29-30(35-29)25-31-32(36-31)26-34-37(33(2,3)4,27-20-15-13-16-21-27)28-22-17-14-18-23-28/h13-18,20-23,29-32H,5-12,19,24-26H2,1-4H3/t29-,30+,31+,32-/m1/s1. The van der Waals surface area contributed by atoms with E-state index >= 15 is 0 Å². The van der Waals surface area contributed by atoms with Crippen LogP contribution < -0.4 is 10.4 Å². The Morgan fingerprint density at radius 3 is 1.68 bits per heavy atom. The number of hydrogen-bond acceptors (Lipinski definition) is 3. The van der Waals surface area contributed by atoms with E-state index in [1.807, 2.05) is 0 Å². The monoisotopic (exact) mass is 522 g/mol. The molecule has 0 bridgehead atoms. The van der Waals surface area contributed by atoms with Gasteiger partial charge < -0.3 is 13.9 Å². The van der Waals surface area contributed by atoms with Gasteiger partial charge in [0, 0.05) is 6.42 Å². The van der Waals surface area contributed by atoms with Gasteiger partial charge in [0.25, 0.3) is 8.32 Å². The number of epoxide rings is 2. The zero-order chi connectivity index (χ0) is 26.1. The minimum Gasteiger partial charge on any atom is -0.405 e. The van der Waals surface area contributed by atoms with Crippen molar-refractivity contribution in [2.45, 2.75) is 128 Å². The van der Waals surface area contributed by atoms with E-state index in [0.29, 0.717) is 18.8 Å². The Kier molecular flexibility index (Phi) is 10.5. The van der Waals surface area contributed by atoms with E-state index in [9.17, 15) is 0 Å². The summed E-state index contributed by atoms with van der Waals surface area (Å²) in [6.07, 6.45) is 16.0. The highest BCUT2D eigenvalue weighted by atomic mass is 28.4. The topological polar surface area (TPSA) is 34.3 Å². The Labute approximate surface area is 227 Å². The van der Waals surface area contributed by atoms with Crippen molar-refractivity contribution in [3.05, 3.63) is 60.7 Å². The van der Waals surface area contributed by atoms with E-state index in [0.717, 1.165) is 6.42 Å². The van der Waals surface area contributed by atoms with Crippen molar-refractivity contribution in [3.8, 4) is 0 Å². The number of unbranched alkanes of at least 4 members (excludes halogenated alkanes) is 8. The third kappa shape index (κ3) is 7.78. The van der Waals surface area contributed by atoms with Gasteiger partial charge in [-0.15, -0.1) is 0 Å². The molecular formula is C33H50O3Si. The van der Waals surface area contributed by atoms with E-state index in [4.69, 9.17) is 13.9 Å². The van der Waals surface area contributed by atoms with Crippen LogP contribution in [0.15, 0.2) is 60.7 Å². The van der Waals surface area contributed by atoms with Gasteiger partial charge in [-0.1, -0.05) is 146 Å². The molecule has 0 unspecified atom stereocenters. The van der Waals surface area contributed by atoms with Crippen molar-refractivity contribution in [1.29, 1.82) is 0 Å². The largest absolute Gasteiger partial charge is 0.405 e. The lowest BCUT2D eigenvalue weighted by atomic mass is 10.0. The smallest absolute Gasteiger partial charge is 0.261 e. The Bertz CT molecular complexity index is 871. The normalized spacial score (nSPS) is 23.2. The lowest BCUT2D eigenvalue weighted by molar-refractivity contribution is 0.246. The molecule has 2 heterocycles. The fourth-order valence-electron chi connectivity index (χ4n) is 6.03. The summed E-state index contributed by atoms with van der Waals surface area (Å²) >= 11 is 0. The third-order valence-electron chi connectivity index (χ3n) is 8.31. The molecule has 0 aliphatic carbocycles. The maximum atomic E-state index is 7.06. The van der Waals surface area contributed by atoms with Gasteiger partial charge in [0.15, 0.2) is 0 Å². The molecule has 2 aliphatic rings. The summed E-state index contributed by atoms with van der Waals surface area (Å²) in [4.78, 5) is 0. The number of rotatable bonds is 17. The van der Waals surface area contributed by atoms with Gasteiger partial charge in [0.05, 0.1) is 24.9 Å². The van der Waals surface area contributed by atoms with E-state index in [2.05, 4.69) is 88.4 Å². The molecule has 0 N–H and O–H groups in total. The van der Waals surface area contributed by atoms with Crippen LogP contribution in [-0.4, -0.2) is 39.3 Å². The highest BCUT2D eigenvalue weighted by molar-refractivity contribution is 6.99. The molecule has 2 fully saturated rings.